The summed E-state index contributed by atoms with van der Waals surface area (Å²) in [5.41, 5.74) is 1.54. The largest absolute Gasteiger partial charge is 0.360 e. The number of carbonyl (C=O) groups excluding carboxylic acids is 1. The molecule has 1 aliphatic heterocycles. The van der Waals surface area contributed by atoms with E-state index in [2.05, 4.69) is 26.2 Å². The minimum atomic E-state index is -0.00984. The molecule has 2 aromatic rings. The molecule has 110 valence electrons. The molecule has 0 spiro atoms. The highest BCUT2D eigenvalue weighted by molar-refractivity contribution is 9.10. The molecular formula is C14H15BrN4O2. The van der Waals surface area contributed by atoms with Crippen LogP contribution in [0, 0.1) is 0 Å². The van der Waals surface area contributed by atoms with Crippen LogP contribution in [-0.2, 0) is 12.8 Å². The van der Waals surface area contributed by atoms with Gasteiger partial charge in [0.1, 0.15) is 5.76 Å². The van der Waals surface area contributed by atoms with Crippen molar-refractivity contribution >= 4 is 21.8 Å². The van der Waals surface area contributed by atoms with Crippen molar-refractivity contribution in [1.29, 1.82) is 0 Å². The van der Waals surface area contributed by atoms with Crippen molar-refractivity contribution in [2.75, 3.05) is 13.1 Å². The molecule has 2 aliphatic rings. The molecule has 1 aliphatic carbocycles. The molecular weight excluding hydrogens is 336 g/mol. The molecule has 21 heavy (non-hydrogen) atoms. The van der Waals surface area contributed by atoms with Gasteiger partial charge in [0.25, 0.3) is 5.91 Å². The van der Waals surface area contributed by atoms with E-state index in [0.29, 0.717) is 18.8 Å². The SMILES string of the molecule is O=C(c1noc2c1CCCC2)N1CC(n2cc(Br)cn2)C1. The highest BCUT2D eigenvalue weighted by Crippen LogP contribution is 2.28. The Hall–Kier alpha value is -1.63. The number of fused-ring (bicyclic) bond motifs is 1. The fraction of sp³-hybridized carbons (Fsp3) is 0.500. The Morgan fingerprint density at radius 2 is 2.14 bits per heavy atom. The van der Waals surface area contributed by atoms with E-state index in [9.17, 15) is 4.79 Å². The van der Waals surface area contributed by atoms with E-state index in [1.54, 1.807) is 6.20 Å². The van der Waals surface area contributed by atoms with E-state index in [1.807, 2.05) is 15.8 Å². The van der Waals surface area contributed by atoms with Crippen LogP contribution in [0.3, 0.4) is 0 Å². The van der Waals surface area contributed by atoms with Gasteiger partial charge < -0.3 is 9.42 Å². The average Bonchev–Trinajstić information content (AvgIpc) is 3.03. The number of nitrogens with zero attached hydrogens (tertiary/aromatic N) is 4. The van der Waals surface area contributed by atoms with E-state index in [-0.39, 0.29) is 11.9 Å². The molecule has 0 saturated carbocycles. The van der Waals surface area contributed by atoms with Crippen LogP contribution in [0.15, 0.2) is 21.4 Å². The minimum absolute atomic E-state index is 0.00984. The van der Waals surface area contributed by atoms with Gasteiger partial charge in [-0.15, -0.1) is 0 Å². The van der Waals surface area contributed by atoms with Crippen molar-refractivity contribution in [3.05, 3.63) is 33.9 Å². The predicted octanol–water partition coefficient (Wildman–Crippen LogP) is 2.21. The van der Waals surface area contributed by atoms with E-state index >= 15 is 0 Å². The lowest BCUT2D eigenvalue weighted by molar-refractivity contribution is 0.0490. The van der Waals surface area contributed by atoms with Gasteiger partial charge in [-0.3, -0.25) is 9.48 Å². The highest BCUT2D eigenvalue weighted by Gasteiger charge is 2.36. The van der Waals surface area contributed by atoms with Crippen LogP contribution in [0.2, 0.25) is 0 Å². The summed E-state index contributed by atoms with van der Waals surface area (Å²) in [6.07, 6.45) is 7.74. The monoisotopic (exact) mass is 350 g/mol. The maximum Gasteiger partial charge on any atom is 0.276 e. The lowest BCUT2D eigenvalue weighted by Crippen LogP contribution is -2.51. The van der Waals surface area contributed by atoms with Gasteiger partial charge in [0.2, 0.25) is 0 Å². The summed E-state index contributed by atoms with van der Waals surface area (Å²) >= 11 is 3.38. The quantitative estimate of drug-likeness (QED) is 0.832. The van der Waals surface area contributed by atoms with Crippen LogP contribution in [0.4, 0.5) is 0 Å². The Morgan fingerprint density at radius 3 is 2.90 bits per heavy atom. The first-order valence-electron chi connectivity index (χ1n) is 7.19. The molecule has 1 fully saturated rings. The fourth-order valence-corrected chi connectivity index (χ4v) is 3.31. The van der Waals surface area contributed by atoms with Gasteiger partial charge in [0.15, 0.2) is 5.69 Å². The lowest BCUT2D eigenvalue weighted by Gasteiger charge is -2.38. The summed E-state index contributed by atoms with van der Waals surface area (Å²) in [5, 5.41) is 8.27. The third-order valence-electron chi connectivity index (χ3n) is 4.25. The number of rotatable bonds is 2. The summed E-state index contributed by atoms with van der Waals surface area (Å²) in [4.78, 5) is 14.3. The minimum Gasteiger partial charge on any atom is -0.360 e. The number of hydrogen-bond donors (Lipinski definition) is 0. The van der Waals surface area contributed by atoms with Crippen molar-refractivity contribution < 1.29 is 9.32 Å². The summed E-state index contributed by atoms with van der Waals surface area (Å²) in [7, 11) is 0. The Bertz CT molecular complexity index is 687. The molecule has 0 N–H and O–H groups in total. The number of hydrogen-bond acceptors (Lipinski definition) is 4. The van der Waals surface area contributed by atoms with Gasteiger partial charge in [-0.2, -0.15) is 5.10 Å². The van der Waals surface area contributed by atoms with Crippen LogP contribution < -0.4 is 0 Å². The van der Waals surface area contributed by atoms with Crippen LogP contribution in [-0.4, -0.2) is 38.8 Å². The first kappa shape index (κ1) is 13.1. The van der Waals surface area contributed by atoms with Crippen LogP contribution in [0.5, 0.6) is 0 Å². The average molecular weight is 351 g/mol. The predicted molar refractivity (Wildman–Crippen MR) is 78.0 cm³/mol. The zero-order valence-corrected chi connectivity index (χ0v) is 13.0. The van der Waals surface area contributed by atoms with E-state index in [4.69, 9.17) is 4.52 Å². The molecule has 1 amide bonds. The first-order chi connectivity index (χ1) is 10.2. The maximum absolute atomic E-state index is 12.5. The number of halogens is 1. The van der Waals surface area contributed by atoms with Crippen LogP contribution in [0.1, 0.15) is 40.7 Å². The summed E-state index contributed by atoms with van der Waals surface area (Å²) in [5.74, 6) is 0.891. The smallest absolute Gasteiger partial charge is 0.276 e. The third kappa shape index (κ3) is 2.19. The van der Waals surface area contributed by atoms with Crippen molar-refractivity contribution in [3.8, 4) is 0 Å². The van der Waals surface area contributed by atoms with Crippen molar-refractivity contribution in [2.45, 2.75) is 31.7 Å². The van der Waals surface area contributed by atoms with E-state index in [0.717, 1.165) is 41.5 Å². The van der Waals surface area contributed by atoms with Gasteiger partial charge in [0.05, 0.1) is 16.7 Å². The number of likely N-dealkylation sites (tertiary alicyclic amines) is 1. The fourth-order valence-electron chi connectivity index (χ4n) is 3.01. The van der Waals surface area contributed by atoms with Gasteiger partial charge in [0, 0.05) is 31.3 Å². The molecule has 1 saturated heterocycles. The summed E-state index contributed by atoms with van der Waals surface area (Å²) < 4.78 is 8.17. The second-order valence-corrected chi connectivity index (χ2v) is 6.56. The number of amides is 1. The Morgan fingerprint density at radius 1 is 1.33 bits per heavy atom. The molecule has 3 heterocycles. The Balaban J connectivity index is 1.46. The zero-order valence-electron chi connectivity index (χ0n) is 11.5. The van der Waals surface area contributed by atoms with Gasteiger partial charge in [-0.05, 0) is 35.2 Å². The number of aryl methyl sites for hydroxylation is 1. The van der Waals surface area contributed by atoms with Crippen molar-refractivity contribution in [3.63, 3.8) is 0 Å². The van der Waals surface area contributed by atoms with Gasteiger partial charge in [-0.1, -0.05) is 5.16 Å². The second-order valence-electron chi connectivity index (χ2n) is 5.64. The van der Waals surface area contributed by atoms with E-state index < -0.39 is 0 Å². The second kappa shape index (κ2) is 4.98. The van der Waals surface area contributed by atoms with Crippen LogP contribution >= 0.6 is 15.9 Å². The molecule has 7 heteroatoms. The maximum atomic E-state index is 12.5. The normalized spacial score (nSPS) is 18.4. The Kier molecular flexibility index (Phi) is 3.10. The number of aromatic nitrogens is 3. The van der Waals surface area contributed by atoms with E-state index in [1.165, 1.54) is 0 Å². The molecule has 0 radical (unpaired) electrons. The molecule has 0 bridgehead atoms. The molecule has 0 aromatic carbocycles. The van der Waals surface area contributed by atoms with Gasteiger partial charge >= 0.3 is 0 Å². The van der Waals surface area contributed by atoms with Crippen molar-refractivity contribution in [1.82, 2.24) is 19.8 Å². The highest BCUT2D eigenvalue weighted by atomic mass is 79.9. The third-order valence-corrected chi connectivity index (χ3v) is 4.66. The summed E-state index contributed by atoms with van der Waals surface area (Å²) in [6, 6.07) is 0.253. The zero-order chi connectivity index (χ0) is 14.4. The topological polar surface area (TPSA) is 64.2 Å². The standard InChI is InChI=1S/C14H15BrN4O2/c15-9-5-16-19(6-9)10-7-18(8-10)14(20)13-11-3-1-2-4-12(11)21-17-13/h5-6,10H,1-4,7-8H2. The lowest BCUT2D eigenvalue weighted by atomic mass is 9.95. The first-order valence-corrected chi connectivity index (χ1v) is 7.98. The number of carbonyl (C=O) groups is 1. The van der Waals surface area contributed by atoms with Crippen LogP contribution in [0.25, 0.3) is 0 Å². The molecule has 6 nitrogen and oxygen atoms in total. The molecule has 0 unspecified atom stereocenters. The van der Waals surface area contributed by atoms with Crippen molar-refractivity contribution in [2.24, 2.45) is 0 Å². The summed E-state index contributed by atoms with van der Waals surface area (Å²) in [6.45, 7) is 1.35. The Labute approximate surface area is 130 Å². The molecule has 2 aromatic heterocycles. The molecule has 0 atom stereocenters. The molecule has 4 rings (SSSR count). The van der Waals surface area contributed by atoms with Gasteiger partial charge in [-0.25, -0.2) is 0 Å².